The first-order valence-electron chi connectivity index (χ1n) is 21.5. The topological polar surface area (TPSA) is 6.48 Å². The summed E-state index contributed by atoms with van der Waals surface area (Å²) in [5.41, 5.74) is 18.5. The highest BCUT2D eigenvalue weighted by Gasteiger charge is 2.47. The Morgan fingerprint density at radius 3 is 1.73 bits per heavy atom. The second-order valence-corrected chi connectivity index (χ2v) is 17.6. The number of allylic oxidation sites excluding steroid dienone is 12. The van der Waals surface area contributed by atoms with E-state index in [-0.39, 0.29) is 16.2 Å². The summed E-state index contributed by atoms with van der Waals surface area (Å²) in [6.07, 6.45) is 26.8. The standard InChI is InChI=1S/C57H56N2/c1-7-23-41(25-22-39-58-51-31-16-12-27-46(51)55(3,4)47-28-13-17-32-52(47)58)24-10-9-11-26-43-44-36-35-42(40-50(44)57(45(43)8-2)37-20-21-38-57)59-53-33-18-14-29-48(53)56(5,6)49-30-15-19-34-54(49)59/h7-19,22-36,40H,1,20-21,37-39H2,2-6H3/b11-9+,24-10+,25-22-,41-23-,43-26-,45-8+. The van der Waals surface area contributed by atoms with Crippen LogP contribution >= 0.6 is 0 Å². The maximum Gasteiger partial charge on any atom is 0.0502 e. The van der Waals surface area contributed by atoms with Gasteiger partial charge < -0.3 is 9.80 Å². The fourth-order valence-corrected chi connectivity index (χ4v) is 10.9. The average molecular weight is 769 g/mol. The molecule has 294 valence electrons. The van der Waals surface area contributed by atoms with Crippen LogP contribution in [0.2, 0.25) is 0 Å². The molecule has 0 radical (unpaired) electrons. The third kappa shape index (κ3) is 6.32. The Labute approximate surface area is 352 Å². The molecule has 4 aliphatic rings. The smallest absolute Gasteiger partial charge is 0.0502 e. The van der Waals surface area contributed by atoms with E-state index in [1.54, 1.807) is 0 Å². The summed E-state index contributed by atoms with van der Waals surface area (Å²) in [6, 6.07) is 42.9. The second-order valence-electron chi connectivity index (χ2n) is 17.6. The molecule has 2 aliphatic carbocycles. The van der Waals surface area contributed by atoms with Gasteiger partial charge in [-0.25, -0.2) is 0 Å². The molecule has 0 saturated heterocycles. The van der Waals surface area contributed by atoms with Crippen molar-refractivity contribution < 1.29 is 0 Å². The quantitative estimate of drug-likeness (QED) is 0.145. The van der Waals surface area contributed by atoms with E-state index in [9.17, 15) is 0 Å². The molecule has 2 heteroatoms. The van der Waals surface area contributed by atoms with Crippen LogP contribution in [-0.4, -0.2) is 6.54 Å². The zero-order chi connectivity index (χ0) is 40.8. The van der Waals surface area contributed by atoms with Crippen LogP contribution in [-0.2, 0) is 16.2 Å². The predicted molar refractivity (Wildman–Crippen MR) is 253 cm³/mol. The third-order valence-corrected chi connectivity index (χ3v) is 13.7. The highest BCUT2D eigenvalue weighted by Crippen LogP contribution is 2.60. The summed E-state index contributed by atoms with van der Waals surface area (Å²) in [7, 11) is 0. The van der Waals surface area contributed by atoms with Crippen molar-refractivity contribution in [1.29, 1.82) is 0 Å². The molecule has 5 aromatic rings. The van der Waals surface area contributed by atoms with Crippen LogP contribution < -0.4 is 9.80 Å². The first-order chi connectivity index (χ1) is 28.7. The minimum Gasteiger partial charge on any atom is -0.337 e. The van der Waals surface area contributed by atoms with Gasteiger partial charge in [-0.05, 0) is 106 Å². The molecular formula is C57H56N2. The summed E-state index contributed by atoms with van der Waals surface area (Å²) in [5, 5.41) is 0. The Morgan fingerprint density at radius 2 is 1.17 bits per heavy atom. The van der Waals surface area contributed by atoms with Crippen molar-refractivity contribution in [2.45, 2.75) is 76.5 Å². The zero-order valence-corrected chi connectivity index (χ0v) is 35.4. The van der Waals surface area contributed by atoms with Gasteiger partial charge in [-0.2, -0.15) is 0 Å². The fraction of sp³-hybridized carbons (Fsp3) is 0.228. The summed E-state index contributed by atoms with van der Waals surface area (Å²) in [4.78, 5) is 4.95. The van der Waals surface area contributed by atoms with E-state index >= 15 is 0 Å². The van der Waals surface area contributed by atoms with Gasteiger partial charge in [0.25, 0.3) is 0 Å². The van der Waals surface area contributed by atoms with Crippen molar-refractivity contribution in [2.24, 2.45) is 0 Å². The van der Waals surface area contributed by atoms with Crippen molar-refractivity contribution in [1.82, 2.24) is 0 Å². The fourth-order valence-electron chi connectivity index (χ4n) is 10.9. The Bertz CT molecular complexity index is 2530. The lowest BCUT2D eigenvalue weighted by Crippen LogP contribution is -2.32. The van der Waals surface area contributed by atoms with E-state index in [0.29, 0.717) is 0 Å². The van der Waals surface area contributed by atoms with Gasteiger partial charge in [0.2, 0.25) is 0 Å². The minimum atomic E-state index is -0.0783. The molecule has 1 fully saturated rings. The summed E-state index contributed by atoms with van der Waals surface area (Å²) >= 11 is 0. The summed E-state index contributed by atoms with van der Waals surface area (Å²) < 4.78 is 0. The maximum absolute atomic E-state index is 4.02. The second kappa shape index (κ2) is 15.2. The van der Waals surface area contributed by atoms with Crippen LogP contribution in [0.3, 0.4) is 0 Å². The molecule has 0 N–H and O–H groups in total. The van der Waals surface area contributed by atoms with Gasteiger partial charge in [-0.3, -0.25) is 0 Å². The van der Waals surface area contributed by atoms with E-state index in [2.05, 4.69) is 221 Å². The molecular weight excluding hydrogens is 713 g/mol. The van der Waals surface area contributed by atoms with Gasteiger partial charge in [0, 0.05) is 39.9 Å². The number of anilines is 5. The van der Waals surface area contributed by atoms with Gasteiger partial charge in [0.1, 0.15) is 0 Å². The van der Waals surface area contributed by atoms with E-state index in [1.807, 2.05) is 6.08 Å². The molecule has 0 amide bonds. The average Bonchev–Trinajstić information content (AvgIpc) is 3.84. The summed E-state index contributed by atoms with van der Waals surface area (Å²) in [6.45, 7) is 16.4. The first-order valence-corrected chi connectivity index (χ1v) is 21.5. The van der Waals surface area contributed by atoms with E-state index in [1.165, 1.54) is 98.6 Å². The first kappa shape index (κ1) is 38.4. The van der Waals surface area contributed by atoms with Crippen LogP contribution in [0.5, 0.6) is 0 Å². The lowest BCUT2D eigenvalue weighted by Gasteiger charge is -2.42. The van der Waals surface area contributed by atoms with Crippen molar-refractivity contribution in [3.05, 3.63) is 227 Å². The zero-order valence-electron chi connectivity index (χ0n) is 35.4. The molecule has 2 aliphatic heterocycles. The van der Waals surface area contributed by atoms with Gasteiger partial charge in [0.05, 0.1) is 11.4 Å². The number of rotatable bonds is 8. The maximum atomic E-state index is 4.02. The van der Waals surface area contributed by atoms with Gasteiger partial charge in [-0.1, -0.05) is 187 Å². The number of hydrogen-bond donors (Lipinski definition) is 0. The Morgan fingerprint density at radius 1 is 0.627 bits per heavy atom. The van der Waals surface area contributed by atoms with Gasteiger partial charge in [-0.15, -0.1) is 0 Å². The van der Waals surface area contributed by atoms with Crippen LogP contribution in [0.15, 0.2) is 194 Å². The lowest BCUT2D eigenvalue weighted by molar-refractivity contribution is 0.549. The molecule has 2 heterocycles. The van der Waals surface area contributed by atoms with Gasteiger partial charge in [0.15, 0.2) is 0 Å². The van der Waals surface area contributed by atoms with E-state index in [0.717, 1.165) is 12.1 Å². The highest BCUT2D eigenvalue weighted by atomic mass is 15.2. The Kier molecular flexibility index (Phi) is 9.92. The number of para-hydroxylation sites is 4. The van der Waals surface area contributed by atoms with Crippen LogP contribution in [0.4, 0.5) is 28.4 Å². The normalized spacial score (nSPS) is 19.8. The monoisotopic (exact) mass is 768 g/mol. The minimum absolute atomic E-state index is 0.0504. The molecule has 59 heavy (non-hydrogen) atoms. The molecule has 2 nitrogen and oxygen atoms in total. The van der Waals surface area contributed by atoms with Crippen molar-refractivity contribution in [3.63, 3.8) is 0 Å². The molecule has 0 unspecified atom stereocenters. The Hall–Kier alpha value is -6.12. The molecule has 9 rings (SSSR count). The van der Waals surface area contributed by atoms with Crippen LogP contribution in [0.1, 0.15) is 93.7 Å². The van der Waals surface area contributed by atoms with Crippen molar-refractivity contribution >= 4 is 34.0 Å². The SMILES string of the molecule is C=C/C=C(\C=C/CN1c2ccccc2C(C)(C)c2ccccc21)/C=C/C=C/C=C1\C(=C/C)C2(CCCC2)c2cc(N3c4ccccc4C(C)(C)c4ccccc43)ccc21. The van der Waals surface area contributed by atoms with Crippen LogP contribution in [0, 0.1) is 0 Å². The molecule has 0 aromatic heterocycles. The molecule has 1 spiro atoms. The molecule has 0 atom stereocenters. The number of fused-ring (bicyclic) bond motifs is 6. The largest absolute Gasteiger partial charge is 0.337 e. The lowest BCUT2D eigenvalue weighted by atomic mass is 9.73. The number of hydrogen-bond acceptors (Lipinski definition) is 2. The van der Waals surface area contributed by atoms with E-state index < -0.39 is 0 Å². The third-order valence-electron chi connectivity index (χ3n) is 13.7. The number of nitrogens with zero attached hydrogens (tertiary/aromatic N) is 2. The highest BCUT2D eigenvalue weighted by molar-refractivity contribution is 5.93. The molecule has 1 saturated carbocycles. The predicted octanol–water partition coefficient (Wildman–Crippen LogP) is 15.2. The van der Waals surface area contributed by atoms with Gasteiger partial charge >= 0.3 is 0 Å². The van der Waals surface area contributed by atoms with Crippen LogP contribution in [0.25, 0.3) is 5.57 Å². The molecule has 5 aromatic carbocycles. The van der Waals surface area contributed by atoms with Crippen molar-refractivity contribution in [2.75, 3.05) is 16.3 Å². The van der Waals surface area contributed by atoms with Crippen molar-refractivity contribution in [3.8, 4) is 0 Å². The van der Waals surface area contributed by atoms with E-state index in [4.69, 9.17) is 0 Å². The summed E-state index contributed by atoms with van der Waals surface area (Å²) in [5.74, 6) is 0. The number of benzene rings is 5. The Balaban J connectivity index is 0.993. The molecule has 0 bridgehead atoms.